The third-order valence-corrected chi connectivity index (χ3v) is 20.0. The van der Waals surface area contributed by atoms with E-state index in [0.29, 0.717) is 65.9 Å². The van der Waals surface area contributed by atoms with Crippen LogP contribution in [0, 0.1) is 5.92 Å². The molecule has 5 aromatic rings. The number of likely N-dealkylation sites (tertiary alicyclic amines) is 1. The average molecular weight is 1180 g/mol. The van der Waals surface area contributed by atoms with Crippen molar-refractivity contribution in [3.8, 4) is 22.8 Å². The van der Waals surface area contributed by atoms with Gasteiger partial charge in [0.25, 0.3) is 0 Å². The molecule has 444 valence electrons. The summed E-state index contributed by atoms with van der Waals surface area (Å²) >= 11 is 12.9. The zero-order chi connectivity index (χ0) is 60.0. The average Bonchev–Trinajstić information content (AvgIpc) is 3.46. The van der Waals surface area contributed by atoms with E-state index in [4.69, 9.17) is 41.8 Å². The highest BCUT2D eigenvalue weighted by Gasteiger charge is 2.44. The largest absolute Gasteiger partial charge is 0.469 e. The molecule has 1 fully saturated rings. The quantitative estimate of drug-likeness (QED) is 0.0320. The summed E-state index contributed by atoms with van der Waals surface area (Å²) in [7, 11) is 4.76. The molecule has 1 aliphatic heterocycles. The number of methoxy groups -OCH3 is 1. The van der Waals surface area contributed by atoms with Crippen molar-refractivity contribution in [3.05, 3.63) is 136 Å². The maximum absolute atomic E-state index is 15.3. The zero-order valence-electron chi connectivity index (χ0n) is 49.8. The minimum atomic E-state index is -2.54. The van der Waals surface area contributed by atoms with Crippen LogP contribution in [0.5, 0.6) is 11.5 Å². The number of rotatable bonds is 25. The molecule has 20 heteroatoms. The highest BCUT2D eigenvalue weighted by molar-refractivity contribution is 6.74. The van der Waals surface area contributed by atoms with Crippen molar-refractivity contribution in [1.82, 2.24) is 40.6 Å². The Hall–Kier alpha value is -6.28. The minimum Gasteiger partial charge on any atom is -0.469 e. The van der Waals surface area contributed by atoms with Gasteiger partial charge in [-0.2, -0.15) is 0 Å². The molecular weight excluding hydrogens is 1100 g/mol. The number of hydrogen-bond acceptors (Lipinski definition) is 12. The molecule has 4 amide bonds. The van der Waals surface area contributed by atoms with Crippen molar-refractivity contribution >= 4 is 61.3 Å². The van der Waals surface area contributed by atoms with Crippen molar-refractivity contribution in [3.63, 3.8) is 0 Å². The Labute approximate surface area is 495 Å². The van der Waals surface area contributed by atoms with Crippen LogP contribution in [0.1, 0.15) is 89.7 Å². The SMILES string of the molecule is COC(=O)C[C@@H](Cc1ccccc1)C(=O)N1CCC[C@](Cc2ccc(Cl)cc2)(NC(=O)[C@H](CO[Si](C)(C)C(C)(C)C)NC(=O)[C@H](CCNC(=O)OC(C)(C)C)NCc2ccc(Cl)cc2Oc2ccc(-c3cnc(CN(C)C)n3C)cc2)C1. The number of hydrogen-bond donors (Lipinski definition) is 4. The van der Waals surface area contributed by atoms with Gasteiger partial charge in [0.15, 0.2) is 8.32 Å². The Kier molecular flexibility index (Phi) is 22.8. The molecule has 0 saturated carbocycles. The van der Waals surface area contributed by atoms with Crippen LogP contribution < -0.4 is 26.0 Å². The lowest BCUT2D eigenvalue weighted by atomic mass is 9.82. The molecule has 82 heavy (non-hydrogen) atoms. The summed E-state index contributed by atoms with van der Waals surface area (Å²) < 4.78 is 25.9. The van der Waals surface area contributed by atoms with Gasteiger partial charge in [-0.15, -0.1) is 0 Å². The molecule has 2 heterocycles. The van der Waals surface area contributed by atoms with Gasteiger partial charge in [0.2, 0.25) is 17.7 Å². The molecule has 6 rings (SSSR count). The number of carbonyl (C=O) groups is 5. The van der Waals surface area contributed by atoms with E-state index in [1.807, 2.05) is 100 Å². The second kappa shape index (κ2) is 28.8. The first-order valence-corrected chi connectivity index (χ1v) is 31.6. The van der Waals surface area contributed by atoms with E-state index in [1.165, 1.54) is 7.11 Å². The number of ether oxygens (including phenoxy) is 3. The molecule has 4 N–H and O–H groups in total. The van der Waals surface area contributed by atoms with Gasteiger partial charge < -0.3 is 54.3 Å². The van der Waals surface area contributed by atoms with Crippen molar-refractivity contribution in [2.75, 3.05) is 47.4 Å². The summed E-state index contributed by atoms with van der Waals surface area (Å²) in [5, 5.41) is 13.4. The molecule has 4 atom stereocenters. The van der Waals surface area contributed by atoms with E-state index in [-0.39, 0.29) is 50.0 Å². The number of nitrogens with zero attached hydrogens (tertiary/aromatic N) is 4. The molecular formula is C62H84Cl2N8O9Si. The molecule has 17 nitrogen and oxygen atoms in total. The van der Waals surface area contributed by atoms with E-state index in [1.54, 1.807) is 49.9 Å². The van der Waals surface area contributed by atoms with E-state index in [2.05, 4.69) is 69.6 Å². The first-order chi connectivity index (χ1) is 38.6. The van der Waals surface area contributed by atoms with E-state index >= 15 is 9.59 Å². The lowest BCUT2D eigenvalue weighted by molar-refractivity contribution is -0.148. The number of alkyl carbamates (subject to hydrolysis) is 1. The third-order valence-electron chi connectivity index (χ3n) is 15.0. The number of imidazole rings is 1. The zero-order valence-corrected chi connectivity index (χ0v) is 52.3. The summed E-state index contributed by atoms with van der Waals surface area (Å²) in [5.41, 5.74) is 2.58. The second-order valence-electron chi connectivity index (χ2n) is 24.1. The van der Waals surface area contributed by atoms with Crippen molar-refractivity contribution in [2.45, 2.75) is 135 Å². The Bertz CT molecular complexity index is 2950. The highest BCUT2D eigenvalue weighted by atomic mass is 35.5. The van der Waals surface area contributed by atoms with Crippen molar-refractivity contribution in [2.24, 2.45) is 13.0 Å². The number of halogens is 2. The Morgan fingerprint density at radius 2 is 1.54 bits per heavy atom. The Balaban J connectivity index is 1.29. The number of benzene rings is 4. The number of aromatic nitrogens is 2. The normalized spacial score (nSPS) is 16.0. The smallest absolute Gasteiger partial charge is 0.407 e. The summed E-state index contributed by atoms with van der Waals surface area (Å²) in [6, 6.07) is 27.6. The van der Waals surface area contributed by atoms with Gasteiger partial charge in [-0.25, -0.2) is 9.78 Å². The van der Waals surface area contributed by atoms with E-state index in [9.17, 15) is 14.4 Å². The maximum Gasteiger partial charge on any atom is 0.407 e. The van der Waals surface area contributed by atoms with Crippen LogP contribution >= 0.6 is 23.2 Å². The van der Waals surface area contributed by atoms with Crippen molar-refractivity contribution < 1.29 is 42.6 Å². The van der Waals surface area contributed by atoms with Crippen LogP contribution in [0.3, 0.4) is 0 Å². The predicted molar refractivity (Wildman–Crippen MR) is 324 cm³/mol. The van der Waals surface area contributed by atoms with Gasteiger partial charge in [-0.05, 0) is 145 Å². The first kappa shape index (κ1) is 64.9. The number of carbonyl (C=O) groups excluding carboxylic acids is 5. The number of esters is 1. The van der Waals surface area contributed by atoms with Gasteiger partial charge in [0.1, 0.15) is 29.0 Å². The molecule has 0 radical (unpaired) electrons. The Morgan fingerprint density at radius 3 is 2.18 bits per heavy atom. The minimum absolute atomic E-state index is 0.0380. The van der Waals surface area contributed by atoms with Crippen molar-refractivity contribution in [1.29, 1.82) is 0 Å². The summed E-state index contributed by atoms with van der Waals surface area (Å²) in [4.78, 5) is 79.3. The van der Waals surface area contributed by atoms with E-state index in [0.717, 1.165) is 28.2 Å². The molecule has 0 spiro atoms. The molecule has 0 aliphatic carbocycles. The van der Waals surface area contributed by atoms with Crippen LogP contribution in [0.2, 0.25) is 28.2 Å². The first-order valence-electron chi connectivity index (χ1n) is 28.0. The van der Waals surface area contributed by atoms with Gasteiger partial charge in [-0.3, -0.25) is 19.2 Å². The molecule has 1 aliphatic rings. The number of nitrogens with one attached hydrogen (secondary N) is 4. The highest BCUT2D eigenvalue weighted by Crippen LogP contribution is 2.37. The summed E-state index contributed by atoms with van der Waals surface area (Å²) in [5.74, 6) is -0.542. The second-order valence-corrected chi connectivity index (χ2v) is 29.8. The summed E-state index contributed by atoms with van der Waals surface area (Å²) in [6.45, 7) is 17.0. The standard InChI is InChI=1S/C62H84Cl2N8O9Si/c1-60(2,3)81-59(77)65-31-29-50(66-37-45-21-26-48(64)35-53(45)80-49-27-22-44(23-28-49)52-38-67-54(71(52)9)39-70(7)8)56(74)68-51(40-79-82(11,12)61(4,5)6)57(75)69-62(36-43-19-24-47(63)25-20-43)30-16-32-72(41-62)58(76)46(34-55(73)78-10)33-42-17-14-13-15-18-42/h13-15,17-28,35,38,46,50-51,66H,16,29-34,36-37,39-41H2,1-12H3,(H,65,77)(H,68,74)(H,69,75)/t46-,50+,51+,62-/m1/s1. The number of amides is 4. The summed E-state index contributed by atoms with van der Waals surface area (Å²) in [6.07, 6.45) is 2.84. The fourth-order valence-corrected chi connectivity index (χ4v) is 10.8. The Morgan fingerprint density at radius 1 is 0.854 bits per heavy atom. The van der Waals surface area contributed by atoms with Crippen LogP contribution in [0.15, 0.2) is 103 Å². The van der Waals surface area contributed by atoms with Crippen LogP contribution in [0.4, 0.5) is 4.79 Å². The predicted octanol–water partition coefficient (Wildman–Crippen LogP) is 10.3. The molecule has 0 bridgehead atoms. The monoisotopic (exact) mass is 1180 g/mol. The van der Waals surface area contributed by atoms with Crippen LogP contribution in [-0.2, 0) is 66.1 Å². The van der Waals surface area contributed by atoms with Gasteiger partial charge in [0, 0.05) is 54.4 Å². The fourth-order valence-electron chi connectivity index (χ4n) is 9.53. The lowest BCUT2D eigenvalue weighted by Crippen LogP contribution is -2.65. The maximum atomic E-state index is 15.3. The topological polar surface area (TPSA) is 195 Å². The van der Waals surface area contributed by atoms with E-state index < -0.39 is 61.3 Å². The third kappa shape index (κ3) is 19.1. The van der Waals surface area contributed by atoms with Gasteiger partial charge in [-0.1, -0.05) is 92.5 Å². The molecule has 0 unspecified atom stereocenters. The molecule has 1 saturated heterocycles. The van der Waals surface area contributed by atoms with Gasteiger partial charge in [0.05, 0.1) is 56.1 Å². The fraction of sp³-hybridized carbons (Fsp3) is 0.484. The lowest BCUT2D eigenvalue weighted by Gasteiger charge is -2.45. The van der Waals surface area contributed by atoms with Crippen LogP contribution in [-0.4, -0.2) is 128 Å². The number of piperidine rings is 1. The van der Waals surface area contributed by atoms with Gasteiger partial charge >= 0.3 is 12.1 Å². The molecule has 1 aromatic heterocycles. The molecule has 4 aromatic carbocycles. The van der Waals surface area contributed by atoms with Crippen LogP contribution in [0.25, 0.3) is 11.3 Å².